The van der Waals surface area contributed by atoms with Gasteiger partial charge in [0.05, 0.1) is 17.8 Å². The maximum atomic E-state index is 10.5. The molecule has 0 bridgehead atoms. The Hall–Kier alpha value is -0.0800. The SMILES string of the molecule is CC1CCC(C(C)(C)CC2CCC3(CCCC3)O2)C(O)C1. The van der Waals surface area contributed by atoms with Crippen LogP contribution in [0.1, 0.15) is 85.0 Å². The lowest BCUT2D eigenvalue weighted by Crippen LogP contribution is -2.40. The van der Waals surface area contributed by atoms with Gasteiger partial charge in [0.15, 0.2) is 0 Å². The van der Waals surface area contributed by atoms with Crippen LogP contribution in [0.25, 0.3) is 0 Å². The molecule has 4 unspecified atom stereocenters. The van der Waals surface area contributed by atoms with Crippen molar-refractivity contribution in [1.29, 1.82) is 0 Å². The summed E-state index contributed by atoms with van der Waals surface area (Å²) in [4.78, 5) is 0. The quantitative estimate of drug-likeness (QED) is 0.818. The number of aliphatic hydroxyl groups is 1. The third kappa shape index (κ3) is 3.32. The summed E-state index contributed by atoms with van der Waals surface area (Å²) in [5.41, 5.74) is 0.453. The monoisotopic (exact) mass is 294 g/mol. The smallest absolute Gasteiger partial charge is 0.0687 e. The molecule has 3 aliphatic rings. The highest BCUT2D eigenvalue weighted by atomic mass is 16.5. The lowest BCUT2D eigenvalue weighted by molar-refractivity contribution is -0.0745. The third-order valence-electron chi connectivity index (χ3n) is 6.69. The first kappa shape index (κ1) is 15.8. The van der Waals surface area contributed by atoms with Crippen molar-refractivity contribution in [2.24, 2.45) is 17.3 Å². The molecular formula is C19H34O2. The molecule has 2 aliphatic carbocycles. The van der Waals surface area contributed by atoms with E-state index in [-0.39, 0.29) is 17.1 Å². The van der Waals surface area contributed by atoms with Crippen molar-refractivity contribution in [3.05, 3.63) is 0 Å². The zero-order chi connectivity index (χ0) is 15.1. The fraction of sp³-hybridized carbons (Fsp3) is 1.00. The van der Waals surface area contributed by atoms with Gasteiger partial charge >= 0.3 is 0 Å². The van der Waals surface area contributed by atoms with Gasteiger partial charge in [-0.05, 0) is 62.2 Å². The summed E-state index contributed by atoms with van der Waals surface area (Å²) in [7, 11) is 0. The molecule has 122 valence electrons. The van der Waals surface area contributed by atoms with Crippen LogP contribution in [0, 0.1) is 17.3 Å². The average molecular weight is 294 g/mol. The van der Waals surface area contributed by atoms with Crippen molar-refractivity contribution in [3.63, 3.8) is 0 Å². The van der Waals surface area contributed by atoms with Gasteiger partial charge in [0.1, 0.15) is 0 Å². The topological polar surface area (TPSA) is 29.5 Å². The first-order valence-electron chi connectivity index (χ1n) is 9.26. The van der Waals surface area contributed by atoms with Gasteiger partial charge in [-0.25, -0.2) is 0 Å². The molecule has 0 aromatic rings. The van der Waals surface area contributed by atoms with Crippen LogP contribution in [0.3, 0.4) is 0 Å². The largest absolute Gasteiger partial charge is 0.393 e. The van der Waals surface area contributed by atoms with E-state index in [4.69, 9.17) is 4.74 Å². The Balaban J connectivity index is 1.58. The molecule has 3 rings (SSSR count). The minimum absolute atomic E-state index is 0.106. The second-order valence-corrected chi connectivity index (χ2v) is 8.95. The molecule has 1 heterocycles. The Kier molecular flexibility index (Phi) is 4.40. The average Bonchev–Trinajstić information content (AvgIpc) is 2.99. The Morgan fingerprint density at radius 1 is 1.10 bits per heavy atom. The fourth-order valence-corrected chi connectivity index (χ4v) is 5.43. The predicted octanol–water partition coefficient (Wildman–Crippen LogP) is 4.69. The predicted molar refractivity (Wildman–Crippen MR) is 86.2 cm³/mol. The van der Waals surface area contributed by atoms with Crippen LogP contribution in [0.2, 0.25) is 0 Å². The molecule has 1 saturated heterocycles. The summed E-state index contributed by atoms with van der Waals surface area (Å²) in [5.74, 6) is 1.15. The summed E-state index contributed by atoms with van der Waals surface area (Å²) in [6.07, 6.45) is 12.7. The minimum atomic E-state index is -0.106. The van der Waals surface area contributed by atoms with Crippen molar-refractivity contribution in [3.8, 4) is 0 Å². The minimum Gasteiger partial charge on any atom is -0.393 e. The van der Waals surface area contributed by atoms with Crippen LogP contribution >= 0.6 is 0 Å². The van der Waals surface area contributed by atoms with Gasteiger partial charge in [0.25, 0.3) is 0 Å². The van der Waals surface area contributed by atoms with Gasteiger partial charge < -0.3 is 9.84 Å². The van der Waals surface area contributed by atoms with Crippen molar-refractivity contribution in [1.82, 2.24) is 0 Å². The molecule has 2 saturated carbocycles. The third-order valence-corrected chi connectivity index (χ3v) is 6.69. The second kappa shape index (κ2) is 5.85. The molecule has 4 atom stereocenters. The maximum Gasteiger partial charge on any atom is 0.0687 e. The van der Waals surface area contributed by atoms with Gasteiger partial charge in [-0.15, -0.1) is 0 Å². The van der Waals surface area contributed by atoms with Gasteiger partial charge in [0.2, 0.25) is 0 Å². The highest BCUT2D eigenvalue weighted by Gasteiger charge is 2.45. The van der Waals surface area contributed by atoms with Gasteiger partial charge in [-0.2, -0.15) is 0 Å². The molecule has 0 amide bonds. The van der Waals surface area contributed by atoms with Crippen LogP contribution in [0.4, 0.5) is 0 Å². The highest BCUT2D eigenvalue weighted by Crippen LogP contribution is 2.49. The molecule has 1 aliphatic heterocycles. The first-order chi connectivity index (χ1) is 9.90. The molecule has 2 nitrogen and oxygen atoms in total. The zero-order valence-electron chi connectivity index (χ0n) is 14.2. The summed E-state index contributed by atoms with van der Waals surface area (Å²) in [6, 6.07) is 0. The zero-order valence-corrected chi connectivity index (χ0v) is 14.2. The lowest BCUT2D eigenvalue weighted by Gasteiger charge is -2.43. The molecule has 0 radical (unpaired) electrons. The van der Waals surface area contributed by atoms with E-state index in [1.165, 1.54) is 51.4 Å². The molecule has 2 heteroatoms. The number of hydrogen-bond acceptors (Lipinski definition) is 2. The Labute approximate surface area is 130 Å². The van der Waals surface area contributed by atoms with Gasteiger partial charge in [0, 0.05) is 0 Å². The number of aliphatic hydroxyl groups excluding tert-OH is 1. The highest BCUT2D eigenvalue weighted by molar-refractivity contribution is 4.96. The first-order valence-corrected chi connectivity index (χ1v) is 9.26. The summed E-state index contributed by atoms with van der Waals surface area (Å²) in [6.45, 7) is 7.00. The van der Waals surface area contributed by atoms with Crippen molar-refractivity contribution < 1.29 is 9.84 Å². The number of hydrogen-bond donors (Lipinski definition) is 1. The summed E-state index contributed by atoms with van der Waals surface area (Å²) in [5, 5.41) is 10.5. The molecule has 0 aromatic heterocycles. The maximum absolute atomic E-state index is 10.5. The molecule has 21 heavy (non-hydrogen) atoms. The molecule has 1 N–H and O–H groups in total. The number of rotatable bonds is 3. The Morgan fingerprint density at radius 2 is 1.81 bits per heavy atom. The molecule has 3 fully saturated rings. The van der Waals surface area contributed by atoms with Crippen LogP contribution in [0.5, 0.6) is 0 Å². The van der Waals surface area contributed by atoms with Crippen LogP contribution in [-0.4, -0.2) is 22.9 Å². The van der Waals surface area contributed by atoms with Crippen LogP contribution in [-0.2, 0) is 4.74 Å². The Morgan fingerprint density at radius 3 is 2.48 bits per heavy atom. The van der Waals surface area contributed by atoms with E-state index in [1.807, 2.05) is 0 Å². The van der Waals surface area contributed by atoms with E-state index >= 15 is 0 Å². The van der Waals surface area contributed by atoms with Crippen molar-refractivity contribution in [2.75, 3.05) is 0 Å². The van der Waals surface area contributed by atoms with E-state index in [2.05, 4.69) is 20.8 Å². The van der Waals surface area contributed by atoms with Crippen LogP contribution < -0.4 is 0 Å². The van der Waals surface area contributed by atoms with E-state index < -0.39 is 0 Å². The molecular weight excluding hydrogens is 260 g/mol. The van der Waals surface area contributed by atoms with E-state index in [9.17, 15) is 5.11 Å². The van der Waals surface area contributed by atoms with Gasteiger partial charge in [-0.3, -0.25) is 0 Å². The fourth-order valence-electron chi connectivity index (χ4n) is 5.43. The normalized spacial score (nSPS) is 40.0. The van der Waals surface area contributed by atoms with Gasteiger partial charge in [-0.1, -0.05) is 40.0 Å². The second-order valence-electron chi connectivity index (χ2n) is 8.95. The Bertz CT molecular complexity index is 357. The molecule has 0 aromatic carbocycles. The van der Waals surface area contributed by atoms with E-state index in [1.54, 1.807) is 0 Å². The lowest BCUT2D eigenvalue weighted by atomic mass is 9.65. The standard InChI is InChI=1S/C19H34O2/c1-14-6-7-16(17(20)12-14)18(2,3)13-15-8-11-19(21-15)9-4-5-10-19/h14-17,20H,4-13H2,1-3H3. The number of ether oxygens (including phenoxy) is 1. The van der Waals surface area contributed by atoms with Crippen molar-refractivity contribution in [2.45, 2.75) is 103 Å². The van der Waals surface area contributed by atoms with Crippen molar-refractivity contribution >= 4 is 0 Å². The van der Waals surface area contributed by atoms with E-state index in [0.717, 1.165) is 12.8 Å². The summed E-state index contributed by atoms with van der Waals surface area (Å²) < 4.78 is 6.51. The van der Waals surface area contributed by atoms with Crippen LogP contribution in [0.15, 0.2) is 0 Å². The molecule has 1 spiro atoms. The van der Waals surface area contributed by atoms with E-state index in [0.29, 0.717) is 17.9 Å². The summed E-state index contributed by atoms with van der Waals surface area (Å²) >= 11 is 0.